The van der Waals surface area contributed by atoms with E-state index in [2.05, 4.69) is 0 Å². The molecule has 0 aromatic rings. The lowest BCUT2D eigenvalue weighted by atomic mass is 9.83. The van der Waals surface area contributed by atoms with Crippen molar-refractivity contribution in [1.82, 2.24) is 0 Å². The average molecular weight is 210 g/mol. The van der Waals surface area contributed by atoms with Crippen LogP contribution in [-0.2, 0) is 14.3 Å². The van der Waals surface area contributed by atoms with Crippen molar-refractivity contribution < 1.29 is 24.5 Å². The number of fused-ring (bicyclic) bond motifs is 2. The molecular formula is C10H10O5. The van der Waals surface area contributed by atoms with Gasteiger partial charge in [-0.3, -0.25) is 0 Å². The third-order valence-corrected chi connectivity index (χ3v) is 2.81. The van der Waals surface area contributed by atoms with E-state index in [1.807, 2.05) is 0 Å². The second kappa shape index (κ2) is 2.49. The predicted molar refractivity (Wildman–Crippen MR) is 49.3 cm³/mol. The lowest BCUT2D eigenvalue weighted by Gasteiger charge is -2.19. The van der Waals surface area contributed by atoms with Gasteiger partial charge >= 0.3 is 11.9 Å². The maximum absolute atomic E-state index is 11.0. The molecule has 2 unspecified atom stereocenters. The summed E-state index contributed by atoms with van der Waals surface area (Å²) in [5.74, 6) is -2.49. The molecule has 5 nitrogen and oxygen atoms in total. The Morgan fingerprint density at radius 3 is 1.67 bits per heavy atom. The van der Waals surface area contributed by atoms with E-state index in [0.29, 0.717) is 0 Å². The highest BCUT2D eigenvalue weighted by atomic mass is 16.5. The third-order valence-electron chi connectivity index (χ3n) is 2.81. The van der Waals surface area contributed by atoms with Crippen molar-refractivity contribution in [2.45, 2.75) is 25.0 Å². The summed E-state index contributed by atoms with van der Waals surface area (Å²) in [6.45, 7) is 3.10. The Bertz CT molecular complexity index is 395. The van der Waals surface area contributed by atoms with Gasteiger partial charge in [-0.05, 0) is 26.0 Å². The fraction of sp³-hybridized carbons (Fsp3) is 0.400. The van der Waals surface area contributed by atoms with Crippen LogP contribution >= 0.6 is 0 Å². The number of rotatable bonds is 2. The van der Waals surface area contributed by atoms with Gasteiger partial charge in [0.25, 0.3) is 0 Å². The van der Waals surface area contributed by atoms with Gasteiger partial charge in [0.05, 0.1) is 11.1 Å². The van der Waals surface area contributed by atoms with Crippen LogP contribution in [-0.4, -0.2) is 33.4 Å². The average Bonchev–Trinajstić information content (AvgIpc) is 2.49. The minimum atomic E-state index is -1.25. The molecular weight excluding hydrogens is 200 g/mol. The molecule has 0 aromatic heterocycles. The summed E-state index contributed by atoms with van der Waals surface area (Å²) in [6, 6.07) is 0. The zero-order valence-corrected chi connectivity index (χ0v) is 8.27. The second-order valence-electron chi connectivity index (χ2n) is 4.01. The summed E-state index contributed by atoms with van der Waals surface area (Å²) in [7, 11) is 0. The largest absolute Gasteiger partial charge is 0.478 e. The zero-order valence-electron chi connectivity index (χ0n) is 8.27. The number of carboxylic acids is 2. The molecule has 0 radical (unpaired) electrons. The molecule has 80 valence electrons. The van der Waals surface area contributed by atoms with Crippen LogP contribution < -0.4 is 0 Å². The van der Waals surface area contributed by atoms with Gasteiger partial charge in [0.1, 0.15) is 11.2 Å². The van der Waals surface area contributed by atoms with E-state index < -0.39 is 23.1 Å². The Morgan fingerprint density at radius 1 is 1.07 bits per heavy atom. The van der Waals surface area contributed by atoms with E-state index in [9.17, 15) is 9.59 Å². The van der Waals surface area contributed by atoms with Gasteiger partial charge in [-0.15, -0.1) is 0 Å². The molecule has 0 spiro atoms. The van der Waals surface area contributed by atoms with Gasteiger partial charge in [0.2, 0.25) is 0 Å². The van der Waals surface area contributed by atoms with E-state index in [-0.39, 0.29) is 11.1 Å². The molecule has 0 saturated heterocycles. The summed E-state index contributed by atoms with van der Waals surface area (Å²) in [6.07, 6.45) is 3.17. The highest BCUT2D eigenvalue weighted by Gasteiger charge is 2.57. The van der Waals surface area contributed by atoms with Gasteiger partial charge in [-0.2, -0.15) is 0 Å². The smallest absolute Gasteiger partial charge is 0.335 e. The standard InChI is InChI=1S/C10H10O5/c1-9-3-4-10(2,15-9)6(8(13)14)5(9)7(11)12/h3-4H,1-2H3,(H,11,12)(H,13,14). The van der Waals surface area contributed by atoms with Crippen LogP contribution in [0.25, 0.3) is 0 Å². The lowest BCUT2D eigenvalue weighted by molar-refractivity contribution is -0.136. The van der Waals surface area contributed by atoms with Gasteiger partial charge < -0.3 is 14.9 Å². The molecule has 2 aliphatic rings. The molecule has 0 aliphatic carbocycles. The zero-order chi connectivity index (χ0) is 11.4. The summed E-state index contributed by atoms with van der Waals surface area (Å²) in [5, 5.41) is 18.0. The molecule has 5 heteroatoms. The van der Waals surface area contributed by atoms with Crippen molar-refractivity contribution in [2.75, 3.05) is 0 Å². The molecule has 2 rings (SSSR count). The van der Waals surface area contributed by atoms with Crippen LogP contribution in [0.4, 0.5) is 0 Å². The molecule has 15 heavy (non-hydrogen) atoms. The maximum atomic E-state index is 11.0. The van der Waals surface area contributed by atoms with Crippen molar-refractivity contribution in [3.05, 3.63) is 23.3 Å². The topological polar surface area (TPSA) is 83.8 Å². The summed E-state index contributed by atoms with van der Waals surface area (Å²) in [5.41, 5.74) is -2.59. The minimum absolute atomic E-state index is 0.181. The number of carboxylic acid groups (broad SMARTS) is 2. The third kappa shape index (κ3) is 1.07. The van der Waals surface area contributed by atoms with Crippen molar-refractivity contribution in [3.63, 3.8) is 0 Å². The minimum Gasteiger partial charge on any atom is -0.478 e. The van der Waals surface area contributed by atoms with Gasteiger partial charge in [-0.1, -0.05) is 0 Å². The van der Waals surface area contributed by atoms with E-state index >= 15 is 0 Å². The number of aliphatic carboxylic acids is 2. The molecule has 2 heterocycles. The Morgan fingerprint density at radius 2 is 1.40 bits per heavy atom. The van der Waals surface area contributed by atoms with Crippen LogP contribution in [0.15, 0.2) is 23.3 Å². The normalized spacial score (nSPS) is 37.5. The van der Waals surface area contributed by atoms with Gasteiger partial charge in [0, 0.05) is 0 Å². The molecule has 2 aliphatic heterocycles. The van der Waals surface area contributed by atoms with Crippen molar-refractivity contribution in [1.29, 1.82) is 0 Å². The number of carbonyl (C=O) groups is 2. The fourth-order valence-corrected chi connectivity index (χ4v) is 2.23. The Balaban J connectivity index is 2.68. The Hall–Kier alpha value is -1.62. The quantitative estimate of drug-likeness (QED) is 0.651. The van der Waals surface area contributed by atoms with E-state index in [1.54, 1.807) is 26.0 Å². The maximum Gasteiger partial charge on any atom is 0.335 e. The van der Waals surface area contributed by atoms with Gasteiger partial charge in [-0.25, -0.2) is 9.59 Å². The van der Waals surface area contributed by atoms with E-state index in [0.717, 1.165) is 0 Å². The van der Waals surface area contributed by atoms with Crippen LogP contribution in [0.1, 0.15) is 13.8 Å². The van der Waals surface area contributed by atoms with Crippen LogP contribution in [0.3, 0.4) is 0 Å². The first-order valence-corrected chi connectivity index (χ1v) is 4.42. The summed E-state index contributed by atoms with van der Waals surface area (Å²) >= 11 is 0. The Kier molecular flexibility index (Phi) is 1.65. The van der Waals surface area contributed by atoms with Crippen LogP contribution in [0, 0.1) is 0 Å². The second-order valence-corrected chi connectivity index (χ2v) is 4.01. The molecule has 0 saturated carbocycles. The lowest BCUT2D eigenvalue weighted by Crippen LogP contribution is -2.27. The predicted octanol–water partition coefficient (Wildman–Crippen LogP) is 0.570. The highest BCUT2D eigenvalue weighted by Crippen LogP contribution is 2.49. The summed E-state index contributed by atoms with van der Waals surface area (Å²) < 4.78 is 5.45. The van der Waals surface area contributed by atoms with Crippen molar-refractivity contribution in [2.24, 2.45) is 0 Å². The highest BCUT2D eigenvalue weighted by molar-refractivity contribution is 6.04. The van der Waals surface area contributed by atoms with Crippen molar-refractivity contribution >= 4 is 11.9 Å². The number of hydrogen-bond acceptors (Lipinski definition) is 3. The molecule has 2 atom stereocenters. The van der Waals surface area contributed by atoms with E-state index in [4.69, 9.17) is 14.9 Å². The fourth-order valence-electron chi connectivity index (χ4n) is 2.23. The summed E-state index contributed by atoms with van der Waals surface area (Å²) in [4.78, 5) is 22.0. The first-order valence-electron chi connectivity index (χ1n) is 4.42. The number of hydrogen-bond donors (Lipinski definition) is 2. The SMILES string of the molecule is CC12C=CC(C)(O1)C(C(=O)O)=C2C(=O)O. The number of ether oxygens (including phenoxy) is 1. The monoisotopic (exact) mass is 210 g/mol. The van der Waals surface area contributed by atoms with E-state index in [1.165, 1.54) is 0 Å². The molecule has 0 aromatic carbocycles. The first kappa shape index (κ1) is 9.92. The van der Waals surface area contributed by atoms with Crippen molar-refractivity contribution in [3.8, 4) is 0 Å². The van der Waals surface area contributed by atoms with Crippen LogP contribution in [0.5, 0.6) is 0 Å². The van der Waals surface area contributed by atoms with Gasteiger partial charge in [0.15, 0.2) is 0 Å². The first-order chi connectivity index (χ1) is 6.80. The molecule has 2 N–H and O–H groups in total. The molecule has 0 fully saturated rings. The molecule has 2 bridgehead atoms. The van der Waals surface area contributed by atoms with Crippen LogP contribution in [0.2, 0.25) is 0 Å². The molecule has 0 amide bonds. The Labute approximate surface area is 85.7 Å².